The summed E-state index contributed by atoms with van der Waals surface area (Å²) in [6.45, 7) is 15.0. The van der Waals surface area contributed by atoms with Crippen LogP contribution in [0.5, 0.6) is 0 Å². The van der Waals surface area contributed by atoms with Crippen LogP contribution in [-0.2, 0) is 0 Å². The predicted octanol–water partition coefficient (Wildman–Crippen LogP) is 5.20. The number of hydrogen-bond acceptors (Lipinski definition) is 0. The highest BCUT2D eigenvalue weighted by Gasteiger charge is 2.22. The van der Waals surface area contributed by atoms with E-state index in [1.54, 1.807) is 0 Å². The molecule has 0 bridgehead atoms. The lowest BCUT2D eigenvalue weighted by Crippen LogP contribution is -2.04. The number of rotatable bonds is 0. The molecular weight excluding hydrogens is 216 g/mol. The molecule has 0 saturated carbocycles. The molecule has 0 unspecified atom stereocenters. The fraction of sp³-hybridized carbons (Fsp3) is 0.222. The summed E-state index contributed by atoms with van der Waals surface area (Å²) in [6.07, 6.45) is 0.900. The van der Waals surface area contributed by atoms with Crippen LogP contribution in [0.2, 0.25) is 0 Å². The van der Waals surface area contributed by atoms with Crippen molar-refractivity contribution in [2.24, 2.45) is 0 Å². The molecule has 0 nitrogen and oxygen atoms in total. The predicted molar refractivity (Wildman–Crippen MR) is 80.8 cm³/mol. The molecule has 1 aliphatic carbocycles. The van der Waals surface area contributed by atoms with Crippen molar-refractivity contribution < 1.29 is 0 Å². The van der Waals surface area contributed by atoms with Gasteiger partial charge in [-0.2, -0.15) is 0 Å². The number of aryl methyl sites for hydroxylation is 3. The number of hydrogen-bond donors (Lipinski definition) is 0. The number of allylic oxidation sites excluding steroid dienone is 2. The molecule has 3 rings (SSSR count). The molecule has 0 N–H and O–H groups in total. The zero-order valence-electron chi connectivity index (χ0n) is 11.4. The first kappa shape index (κ1) is 11.3. The second kappa shape index (κ2) is 3.58. The molecule has 0 spiro atoms. The molecule has 0 fully saturated rings. The minimum absolute atomic E-state index is 0.900. The third kappa shape index (κ3) is 1.32. The molecule has 0 heteroatoms. The first-order chi connectivity index (χ1) is 8.50. The standard InChI is InChI=1S/C18H18/c1-10-6-7-15-11(2)8-12(3)17-14(5)9-13(4)16(10)18(15)17/h6-8H,4-5,9H2,1-3H3. The van der Waals surface area contributed by atoms with Crippen molar-refractivity contribution in [2.45, 2.75) is 27.2 Å². The Bertz CT molecular complexity index is 694. The zero-order chi connectivity index (χ0) is 13.0. The van der Waals surface area contributed by atoms with Crippen molar-refractivity contribution in [3.05, 3.63) is 59.2 Å². The molecule has 0 aromatic heterocycles. The van der Waals surface area contributed by atoms with E-state index in [9.17, 15) is 0 Å². The average Bonchev–Trinajstić information content (AvgIpc) is 2.27. The van der Waals surface area contributed by atoms with Gasteiger partial charge in [-0.25, -0.2) is 0 Å². The Kier molecular flexibility index (Phi) is 2.25. The maximum absolute atomic E-state index is 4.25. The highest BCUT2D eigenvalue weighted by molar-refractivity contribution is 6.08. The van der Waals surface area contributed by atoms with E-state index in [-0.39, 0.29) is 0 Å². The molecule has 2 aromatic rings. The van der Waals surface area contributed by atoms with Gasteiger partial charge >= 0.3 is 0 Å². The van der Waals surface area contributed by atoms with E-state index in [4.69, 9.17) is 0 Å². The minimum atomic E-state index is 0.900. The molecule has 0 radical (unpaired) electrons. The fourth-order valence-electron chi connectivity index (χ4n) is 3.31. The Morgan fingerprint density at radius 2 is 1.44 bits per heavy atom. The van der Waals surface area contributed by atoms with Crippen LogP contribution >= 0.6 is 0 Å². The van der Waals surface area contributed by atoms with Crippen molar-refractivity contribution in [1.29, 1.82) is 0 Å². The van der Waals surface area contributed by atoms with Crippen molar-refractivity contribution >= 4 is 21.9 Å². The molecule has 0 atom stereocenters. The maximum atomic E-state index is 4.25. The number of benzene rings is 2. The van der Waals surface area contributed by atoms with Gasteiger partial charge in [-0.05, 0) is 76.9 Å². The van der Waals surface area contributed by atoms with Crippen LogP contribution in [0.4, 0.5) is 0 Å². The lowest BCUT2D eigenvalue weighted by atomic mass is 9.78. The monoisotopic (exact) mass is 234 g/mol. The maximum Gasteiger partial charge on any atom is -0.00250 e. The van der Waals surface area contributed by atoms with Crippen LogP contribution in [0.15, 0.2) is 31.4 Å². The summed E-state index contributed by atoms with van der Waals surface area (Å²) in [5.41, 5.74) is 9.12. The lowest BCUT2D eigenvalue weighted by Gasteiger charge is -2.25. The van der Waals surface area contributed by atoms with Crippen molar-refractivity contribution in [2.75, 3.05) is 0 Å². The van der Waals surface area contributed by atoms with E-state index in [0.717, 1.165) is 6.42 Å². The summed E-state index contributed by atoms with van der Waals surface area (Å²) in [5, 5.41) is 2.71. The second-order valence-electron chi connectivity index (χ2n) is 5.45. The summed E-state index contributed by atoms with van der Waals surface area (Å²) in [4.78, 5) is 0. The van der Waals surface area contributed by atoms with E-state index < -0.39 is 0 Å². The van der Waals surface area contributed by atoms with E-state index in [0.29, 0.717) is 0 Å². The van der Waals surface area contributed by atoms with Gasteiger partial charge in [-0.3, -0.25) is 0 Å². The zero-order valence-corrected chi connectivity index (χ0v) is 11.4. The Morgan fingerprint density at radius 3 is 2.11 bits per heavy atom. The Labute approximate surface area is 109 Å². The summed E-state index contributed by atoms with van der Waals surface area (Å²) in [5.74, 6) is 0. The summed E-state index contributed by atoms with van der Waals surface area (Å²) in [6, 6.07) is 6.72. The molecule has 0 aliphatic heterocycles. The Balaban J connectivity index is 2.64. The van der Waals surface area contributed by atoms with Crippen molar-refractivity contribution in [3.63, 3.8) is 0 Å². The Hall–Kier alpha value is -1.82. The minimum Gasteiger partial charge on any atom is -0.0949 e. The summed E-state index contributed by atoms with van der Waals surface area (Å²) in [7, 11) is 0. The smallest absolute Gasteiger partial charge is 0.00250 e. The van der Waals surface area contributed by atoms with Gasteiger partial charge in [0.05, 0.1) is 0 Å². The highest BCUT2D eigenvalue weighted by Crippen LogP contribution is 2.44. The van der Waals surface area contributed by atoms with E-state index >= 15 is 0 Å². The van der Waals surface area contributed by atoms with Crippen LogP contribution in [0, 0.1) is 20.8 Å². The lowest BCUT2D eigenvalue weighted by molar-refractivity contribution is 1.30. The molecule has 2 aromatic carbocycles. The SMILES string of the molecule is C=C1CC(=C)c2c(C)cc(C)c3ccc(C)c1c23. The van der Waals surface area contributed by atoms with Crippen LogP contribution < -0.4 is 0 Å². The fourth-order valence-corrected chi connectivity index (χ4v) is 3.31. The molecule has 18 heavy (non-hydrogen) atoms. The highest BCUT2D eigenvalue weighted by atomic mass is 14.3. The second-order valence-corrected chi connectivity index (χ2v) is 5.45. The summed E-state index contributed by atoms with van der Waals surface area (Å²) >= 11 is 0. The van der Waals surface area contributed by atoms with Crippen LogP contribution in [0.3, 0.4) is 0 Å². The molecule has 90 valence electrons. The van der Waals surface area contributed by atoms with Gasteiger partial charge in [0.25, 0.3) is 0 Å². The Morgan fingerprint density at radius 1 is 0.833 bits per heavy atom. The molecular formula is C18H18. The van der Waals surface area contributed by atoms with E-state index in [1.807, 2.05) is 0 Å². The molecule has 1 aliphatic rings. The van der Waals surface area contributed by atoms with Crippen molar-refractivity contribution in [1.82, 2.24) is 0 Å². The average molecular weight is 234 g/mol. The van der Waals surface area contributed by atoms with Gasteiger partial charge in [0, 0.05) is 0 Å². The van der Waals surface area contributed by atoms with Gasteiger partial charge in [-0.15, -0.1) is 0 Å². The normalized spacial score (nSPS) is 14.4. The largest absolute Gasteiger partial charge is 0.0949 e. The van der Waals surface area contributed by atoms with Gasteiger partial charge in [-0.1, -0.05) is 31.4 Å². The first-order valence-corrected chi connectivity index (χ1v) is 6.40. The van der Waals surface area contributed by atoms with E-state index in [1.165, 1.54) is 49.7 Å². The topological polar surface area (TPSA) is 0 Å². The van der Waals surface area contributed by atoms with Gasteiger partial charge in [0.2, 0.25) is 0 Å². The molecule has 0 saturated heterocycles. The van der Waals surface area contributed by atoms with Crippen molar-refractivity contribution in [3.8, 4) is 0 Å². The van der Waals surface area contributed by atoms with Gasteiger partial charge in [0.15, 0.2) is 0 Å². The van der Waals surface area contributed by atoms with Gasteiger partial charge in [0.1, 0.15) is 0 Å². The summed E-state index contributed by atoms with van der Waals surface area (Å²) < 4.78 is 0. The third-order valence-electron chi connectivity index (χ3n) is 4.05. The third-order valence-corrected chi connectivity index (χ3v) is 4.05. The molecule has 0 heterocycles. The van der Waals surface area contributed by atoms with Crippen LogP contribution in [0.1, 0.15) is 34.2 Å². The van der Waals surface area contributed by atoms with E-state index in [2.05, 4.69) is 52.1 Å². The van der Waals surface area contributed by atoms with Crippen LogP contribution in [-0.4, -0.2) is 0 Å². The quantitative estimate of drug-likeness (QED) is 0.588. The van der Waals surface area contributed by atoms with Gasteiger partial charge < -0.3 is 0 Å². The molecule has 0 amide bonds. The first-order valence-electron chi connectivity index (χ1n) is 6.40. The van der Waals surface area contributed by atoms with Crippen LogP contribution in [0.25, 0.3) is 21.9 Å².